The van der Waals surface area contributed by atoms with Gasteiger partial charge in [0.2, 0.25) is 0 Å². The molecule has 0 heterocycles. The average Bonchev–Trinajstić information content (AvgIpc) is 3.10. The first-order valence-corrected chi connectivity index (χ1v) is 15.5. The Morgan fingerprint density at radius 1 is 1.08 bits per heavy atom. The summed E-state index contributed by atoms with van der Waals surface area (Å²) in [6.07, 6.45) is 11.7. The summed E-state index contributed by atoms with van der Waals surface area (Å²) in [6, 6.07) is 0. The molecule has 2 N–H and O–H groups in total. The molecule has 0 aromatic carbocycles. The molecule has 5 aliphatic rings. The maximum absolute atomic E-state index is 13.1. The Morgan fingerprint density at radius 2 is 1.71 bits per heavy atom. The van der Waals surface area contributed by atoms with Crippen molar-refractivity contribution < 1.29 is 14.3 Å². The lowest BCUT2D eigenvalue weighted by Crippen LogP contribution is -2.61. The van der Waals surface area contributed by atoms with Gasteiger partial charge in [0.05, 0.1) is 5.76 Å². The molecular weight excluding hydrogens is 470 g/mol. The Bertz CT molecular complexity index is 1040. The van der Waals surface area contributed by atoms with Gasteiger partial charge in [-0.1, -0.05) is 55.0 Å². The molecule has 4 nitrogen and oxygen atoms in total. The van der Waals surface area contributed by atoms with Crippen molar-refractivity contribution in [3.63, 3.8) is 0 Å². The number of ketones is 1. The summed E-state index contributed by atoms with van der Waals surface area (Å²) in [5.41, 5.74) is 9.32. The number of carbonyl (C=O) groups excluding carboxylic acids is 2. The number of hydrogen-bond donors (Lipinski definition) is 1. The van der Waals surface area contributed by atoms with Crippen LogP contribution < -0.4 is 5.73 Å². The van der Waals surface area contributed by atoms with Crippen molar-refractivity contribution in [3.8, 4) is 0 Å². The summed E-state index contributed by atoms with van der Waals surface area (Å²) in [7, 11) is 0. The van der Waals surface area contributed by atoms with Gasteiger partial charge in [0, 0.05) is 23.8 Å². The topological polar surface area (TPSA) is 69.4 Å². The predicted octanol–water partition coefficient (Wildman–Crippen LogP) is 7.41. The van der Waals surface area contributed by atoms with Gasteiger partial charge in [-0.05, 0) is 109 Å². The van der Waals surface area contributed by atoms with Crippen LogP contribution in [0.1, 0.15) is 113 Å². The van der Waals surface area contributed by atoms with Gasteiger partial charge in [-0.2, -0.15) is 0 Å². The number of hydrogen-bond acceptors (Lipinski definition) is 4. The van der Waals surface area contributed by atoms with Crippen molar-refractivity contribution in [1.82, 2.24) is 0 Å². The Hall–Kier alpha value is -1.42. The third-order valence-corrected chi connectivity index (χ3v) is 12.5. The molecule has 0 aromatic heterocycles. The molecule has 212 valence electrons. The minimum Gasteiger partial charge on any atom is -0.495 e. The number of fused-ring (bicyclic) bond motifs is 7. The number of aldehydes is 1. The molecule has 5 rings (SSSR count). The summed E-state index contributed by atoms with van der Waals surface area (Å²) in [4.78, 5) is 24.6. The number of Topliss-reactive ketones (excluding diaryl/α,β-unsaturated/α-hetero) is 1. The number of rotatable bonds is 6. The van der Waals surface area contributed by atoms with Crippen LogP contribution in [0, 0.1) is 51.8 Å². The summed E-state index contributed by atoms with van der Waals surface area (Å²) in [5, 5.41) is 0. The lowest BCUT2D eigenvalue weighted by Gasteiger charge is -2.67. The number of nitrogens with two attached hydrogens (primary N) is 1. The molecule has 0 bridgehead atoms. The fraction of sp³-hybridized carbons (Fsp3) is 0.824. The Morgan fingerprint density at radius 3 is 2.37 bits per heavy atom. The number of ether oxygens (including phenoxy) is 1. The van der Waals surface area contributed by atoms with Crippen molar-refractivity contribution in [3.05, 3.63) is 23.5 Å². The van der Waals surface area contributed by atoms with E-state index >= 15 is 0 Å². The van der Waals surface area contributed by atoms with Gasteiger partial charge in [-0.3, -0.25) is 4.79 Å². The maximum atomic E-state index is 13.1. The fourth-order valence-electron chi connectivity index (χ4n) is 10.9. The summed E-state index contributed by atoms with van der Waals surface area (Å²) in [6.45, 7) is 20.1. The Labute approximate surface area is 231 Å². The lowest BCUT2D eigenvalue weighted by molar-refractivity contribution is -0.179. The first-order valence-electron chi connectivity index (χ1n) is 15.5. The van der Waals surface area contributed by atoms with Crippen LogP contribution in [0.15, 0.2) is 23.5 Å². The smallest absolute Gasteiger partial charge is 0.161 e. The van der Waals surface area contributed by atoms with Crippen molar-refractivity contribution in [2.45, 2.75) is 124 Å². The molecule has 4 saturated carbocycles. The van der Waals surface area contributed by atoms with Gasteiger partial charge in [0.15, 0.2) is 5.78 Å². The highest BCUT2D eigenvalue weighted by atomic mass is 16.5. The maximum Gasteiger partial charge on any atom is 0.161 e. The highest BCUT2D eigenvalue weighted by Crippen LogP contribution is 2.70. The van der Waals surface area contributed by atoms with E-state index in [0.29, 0.717) is 59.0 Å². The highest BCUT2D eigenvalue weighted by Gasteiger charge is 2.64. The molecule has 0 aliphatic heterocycles. The second-order valence-corrected chi connectivity index (χ2v) is 15.7. The zero-order chi connectivity index (χ0) is 27.8. The van der Waals surface area contributed by atoms with Crippen LogP contribution in [0.5, 0.6) is 0 Å². The van der Waals surface area contributed by atoms with E-state index in [9.17, 15) is 9.59 Å². The molecule has 5 aliphatic carbocycles. The SMILES string of the molecule is C=C(CC(C)(C)C=O)OC1CCC2(C)C(CCC3(C)C4CCC5(N)CC(=O)C(C(C)C)=C5C4CCC32)C1C. The molecule has 9 atom stereocenters. The summed E-state index contributed by atoms with van der Waals surface area (Å²) < 4.78 is 6.48. The van der Waals surface area contributed by atoms with Crippen molar-refractivity contribution in [1.29, 1.82) is 0 Å². The highest BCUT2D eigenvalue weighted by molar-refractivity contribution is 6.01. The molecule has 0 amide bonds. The van der Waals surface area contributed by atoms with Gasteiger partial charge in [0.1, 0.15) is 12.4 Å². The third kappa shape index (κ3) is 4.18. The predicted molar refractivity (Wildman–Crippen MR) is 153 cm³/mol. The largest absolute Gasteiger partial charge is 0.495 e. The molecule has 38 heavy (non-hydrogen) atoms. The lowest BCUT2D eigenvalue weighted by atomic mass is 9.38. The van der Waals surface area contributed by atoms with Crippen LogP contribution in [-0.2, 0) is 14.3 Å². The number of carbonyl (C=O) groups is 2. The van der Waals surface area contributed by atoms with E-state index in [0.717, 1.165) is 30.5 Å². The second-order valence-electron chi connectivity index (χ2n) is 15.7. The quantitative estimate of drug-likeness (QED) is 0.291. The van der Waals surface area contributed by atoms with Crippen LogP contribution in [-0.4, -0.2) is 23.7 Å². The zero-order valence-electron chi connectivity index (χ0n) is 25.2. The molecule has 0 aromatic rings. The third-order valence-electron chi connectivity index (χ3n) is 12.5. The molecule has 9 unspecified atom stereocenters. The average molecular weight is 524 g/mol. The molecule has 0 saturated heterocycles. The van der Waals surface area contributed by atoms with Crippen LogP contribution in [0.2, 0.25) is 0 Å². The number of allylic oxidation sites excluding steroid dienone is 2. The van der Waals surface area contributed by atoms with Gasteiger partial charge in [-0.25, -0.2) is 0 Å². The Balaban J connectivity index is 1.38. The van der Waals surface area contributed by atoms with Gasteiger partial charge in [-0.15, -0.1) is 0 Å². The normalized spacial score (nSPS) is 44.7. The Kier molecular flexibility index (Phi) is 6.89. The van der Waals surface area contributed by atoms with Crippen LogP contribution >= 0.6 is 0 Å². The van der Waals surface area contributed by atoms with E-state index in [1.165, 1.54) is 44.1 Å². The summed E-state index contributed by atoms with van der Waals surface area (Å²) >= 11 is 0. The van der Waals surface area contributed by atoms with Crippen molar-refractivity contribution >= 4 is 12.1 Å². The van der Waals surface area contributed by atoms with E-state index < -0.39 is 5.41 Å². The van der Waals surface area contributed by atoms with Gasteiger partial charge >= 0.3 is 0 Å². The first-order chi connectivity index (χ1) is 17.7. The van der Waals surface area contributed by atoms with Crippen molar-refractivity contribution in [2.75, 3.05) is 0 Å². The van der Waals surface area contributed by atoms with E-state index in [-0.39, 0.29) is 17.6 Å². The molecular formula is C34H53NO3. The van der Waals surface area contributed by atoms with E-state index in [1.54, 1.807) is 0 Å². The standard InChI is InChI=1S/C34H53NO3/c1-20(2)29-26(37)18-34(35)16-12-25-23(30(29)34)9-10-28-32(7)15-13-27(38-21(3)17-31(5,6)19-36)22(4)24(32)11-14-33(25,28)8/h19-20,22-25,27-28H,3,9-18,35H2,1-2,4-8H3. The van der Waals surface area contributed by atoms with E-state index in [4.69, 9.17) is 10.5 Å². The van der Waals surface area contributed by atoms with E-state index in [1.807, 2.05) is 13.8 Å². The molecule has 4 fully saturated rings. The molecule has 0 spiro atoms. The monoisotopic (exact) mass is 523 g/mol. The van der Waals surface area contributed by atoms with Crippen molar-refractivity contribution in [2.24, 2.45) is 57.5 Å². The molecule has 4 heteroatoms. The minimum absolute atomic E-state index is 0.194. The summed E-state index contributed by atoms with van der Waals surface area (Å²) in [5.74, 6) is 4.32. The fourth-order valence-corrected chi connectivity index (χ4v) is 10.9. The van der Waals surface area contributed by atoms with Gasteiger partial charge in [0.25, 0.3) is 0 Å². The minimum atomic E-state index is -0.426. The zero-order valence-corrected chi connectivity index (χ0v) is 25.2. The second kappa shape index (κ2) is 9.32. The van der Waals surface area contributed by atoms with Crippen LogP contribution in [0.4, 0.5) is 0 Å². The first kappa shape index (κ1) is 28.1. The van der Waals surface area contributed by atoms with Crippen LogP contribution in [0.3, 0.4) is 0 Å². The molecule has 0 radical (unpaired) electrons. The van der Waals surface area contributed by atoms with Gasteiger partial charge < -0.3 is 15.3 Å². The van der Waals surface area contributed by atoms with Crippen LogP contribution in [0.25, 0.3) is 0 Å². The van der Waals surface area contributed by atoms with E-state index in [2.05, 4.69) is 41.2 Å².